The van der Waals surface area contributed by atoms with E-state index in [1.54, 1.807) is 19.1 Å². The summed E-state index contributed by atoms with van der Waals surface area (Å²) >= 11 is 0. The lowest BCUT2D eigenvalue weighted by Gasteiger charge is -2.09. The zero-order chi connectivity index (χ0) is 15.9. The zero-order valence-electron chi connectivity index (χ0n) is 12.5. The molecule has 2 aromatic carbocycles. The van der Waals surface area contributed by atoms with E-state index in [4.69, 9.17) is 8.60 Å². The van der Waals surface area contributed by atoms with Gasteiger partial charge >= 0.3 is 10.1 Å². The summed E-state index contributed by atoms with van der Waals surface area (Å²) in [4.78, 5) is 4.47. The summed E-state index contributed by atoms with van der Waals surface area (Å²) in [5.41, 5.74) is 3.61. The molecule has 0 saturated carbocycles. The fourth-order valence-corrected chi connectivity index (χ4v) is 2.81. The summed E-state index contributed by atoms with van der Waals surface area (Å²) in [6.07, 6.45) is 1.01. The molecule has 5 nitrogen and oxygen atoms in total. The van der Waals surface area contributed by atoms with Gasteiger partial charge in [0, 0.05) is 0 Å². The Kier molecular flexibility index (Phi) is 3.41. The van der Waals surface area contributed by atoms with Gasteiger partial charge in [-0.1, -0.05) is 24.3 Å². The van der Waals surface area contributed by atoms with Gasteiger partial charge in [-0.05, 0) is 37.1 Å². The lowest BCUT2D eigenvalue weighted by molar-refractivity contribution is 0.490. The average molecular weight is 317 g/mol. The van der Waals surface area contributed by atoms with E-state index in [1.165, 1.54) is 0 Å². The van der Waals surface area contributed by atoms with Crippen molar-refractivity contribution in [2.45, 2.75) is 13.8 Å². The third-order valence-electron chi connectivity index (χ3n) is 3.30. The minimum Gasteiger partial charge on any atom is -0.436 e. The highest BCUT2D eigenvalue weighted by Gasteiger charge is 2.18. The highest BCUT2D eigenvalue weighted by molar-refractivity contribution is 7.86. The first kappa shape index (κ1) is 14.6. The molecule has 0 fully saturated rings. The molecule has 0 atom stereocenters. The number of rotatable bonds is 3. The van der Waals surface area contributed by atoms with Gasteiger partial charge in [0.1, 0.15) is 5.52 Å². The van der Waals surface area contributed by atoms with E-state index in [0.717, 1.165) is 17.3 Å². The van der Waals surface area contributed by atoms with Gasteiger partial charge < -0.3 is 8.60 Å². The van der Waals surface area contributed by atoms with E-state index in [1.807, 2.05) is 31.2 Å². The second-order valence-corrected chi connectivity index (χ2v) is 6.75. The third kappa shape index (κ3) is 2.69. The second kappa shape index (κ2) is 5.14. The van der Waals surface area contributed by atoms with Crippen LogP contribution >= 0.6 is 0 Å². The molecular formula is C16H15NO4S. The minimum absolute atomic E-state index is 0.245. The quantitative estimate of drug-likeness (QED) is 0.692. The molecule has 1 heterocycles. The lowest BCUT2D eigenvalue weighted by Crippen LogP contribution is -2.07. The van der Waals surface area contributed by atoms with Gasteiger partial charge in [-0.15, -0.1) is 0 Å². The molecule has 114 valence electrons. The van der Waals surface area contributed by atoms with Crippen LogP contribution in [0.5, 0.6) is 5.75 Å². The van der Waals surface area contributed by atoms with Crippen molar-refractivity contribution in [2.75, 3.05) is 6.26 Å². The Morgan fingerprint density at radius 2 is 1.73 bits per heavy atom. The van der Waals surface area contributed by atoms with Crippen molar-refractivity contribution in [1.29, 1.82) is 0 Å². The Morgan fingerprint density at radius 3 is 2.41 bits per heavy atom. The Hall–Kier alpha value is -2.34. The molecular weight excluding hydrogens is 302 g/mol. The van der Waals surface area contributed by atoms with E-state index < -0.39 is 10.1 Å². The Bertz CT molecular complexity index is 957. The molecule has 0 saturated heterocycles. The van der Waals surface area contributed by atoms with Gasteiger partial charge in [0.15, 0.2) is 11.3 Å². The van der Waals surface area contributed by atoms with E-state index in [0.29, 0.717) is 22.6 Å². The number of aromatic nitrogens is 1. The Morgan fingerprint density at radius 1 is 1.05 bits per heavy atom. The standard InChI is InChI=1S/C16H15NO4S/c1-10-6-5-9-13-14(10)17-16(20-13)12-8-4-7-11(2)15(12)21-22(3,18)19/h4-9H,1-3H3. The van der Waals surface area contributed by atoms with Crippen LogP contribution in [0.15, 0.2) is 40.8 Å². The maximum atomic E-state index is 11.5. The summed E-state index contributed by atoms with van der Waals surface area (Å²) in [6, 6.07) is 11.0. The van der Waals surface area contributed by atoms with Crippen molar-refractivity contribution in [3.63, 3.8) is 0 Å². The minimum atomic E-state index is -3.64. The molecule has 0 radical (unpaired) electrons. The number of nitrogens with zero attached hydrogens (tertiary/aromatic N) is 1. The summed E-state index contributed by atoms with van der Waals surface area (Å²) < 4.78 is 33.9. The predicted molar refractivity (Wildman–Crippen MR) is 84.4 cm³/mol. The van der Waals surface area contributed by atoms with E-state index in [9.17, 15) is 8.42 Å². The molecule has 1 aromatic heterocycles. The van der Waals surface area contributed by atoms with Crippen LogP contribution in [0, 0.1) is 13.8 Å². The van der Waals surface area contributed by atoms with Crippen molar-refractivity contribution in [3.05, 3.63) is 47.5 Å². The van der Waals surface area contributed by atoms with Gasteiger partial charge in [0.05, 0.1) is 11.8 Å². The normalized spacial score (nSPS) is 11.8. The van der Waals surface area contributed by atoms with Gasteiger partial charge in [0.25, 0.3) is 0 Å². The third-order valence-corrected chi connectivity index (χ3v) is 3.77. The van der Waals surface area contributed by atoms with Crippen LogP contribution in [-0.2, 0) is 10.1 Å². The van der Waals surface area contributed by atoms with E-state index in [-0.39, 0.29) is 5.75 Å². The van der Waals surface area contributed by atoms with Crippen LogP contribution in [0.2, 0.25) is 0 Å². The Labute approximate surface area is 128 Å². The fourth-order valence-electron chi connectivity index (χ4n) is 2.28. The summed E-state index contributed by atoms with van der Waals surface area (Å²) in [5.74, 6) is 0.584. The highest BCUT2D eigenvalue weighted by atomic mass is 32.2. The molecule has 0 unspecified atom stereocenters. The molecule has 22 heavy (non-hydrogen) atoms. The molecule has 0 spiro atoms. The molecule has 3 rings (SSSR count). The van der Waals surface area contributed by atoms with Gasteiger partial charge in [-0.3, -0.25) is 0 Å². The molecule has 0 amide bonds. The molecule has 0 aliphatic rings. The number of oxazole rings is 1. The molecule has 6 heteroatoms. The second-order valence-electron chi connectivity index (χ2n) is 5.18. The van der Waals surface area contributed by atoms with Crippen LogP contribution in [0.25, 0.3) is 22.6 Å². The van der Waals surface area contributed by atoms with E-state index in [2.05, 4.69) is 4.98 Å². The van der Waals surface area contributed by atoms with Crippen LogP contribution in [0.3, 0.4) is 0 Å². The molecule has 0 aliphatic carbocycles. The molecule has 0 bridgehead atoms. The molecule has 0 aliphatic heterocycles. The van der Waals surface area contributed by atoms with Crippen LogP contribution < -0.4 is 4.18 Å². The number of aryl methyl sites for hydroxylation is 2. The smallest absolute Gasteiger partial charge is 0.306 e. The predicted octanol–water partition coefficient (Wildman–Crippen LogP) is 3.45. The number of hydrogen-bond donors (Lipinski definition) is 0. The van der Waals surface area contributed by atoms with Crippen molar-refractivity contribution in [2.24, 2.45) is 0 Å². The van der Waals surface area contributed by atoms with Crippen LogP contribution in [0.1, 0.15) is 11.1 Å². The van der Waals surface area contributed by atoms with Gasteiger partial charge in [-0.2, -0.15) is 8.42 Å². The van der Waals surface area contributed by atoms with Gasteiger partial charge in [0.2, 0.25) is 5.89 Å². The zero-order valence-corrected chi connectivity index (χ0v) is 13.3. The maximum absolute atomic E-state index is 11.5. The fraction of sp³-hybridized carbons (Fsp3) is 0.188. The Balaban J connectivity index is 2.22. The number of benzene rings is 2. The first-order valence-corrected chi connectivity index (χ1v) is 8.52. The highest BCUT2D eigenvalue weighted by Crippen LogP contribution is 2.35. The summed E-state index contributed by atoms with van der Waals surface area (Å²) in [7, 11) is -3.64. The molecule has 3 aromatic rings. The first-order chi connectivity index (χ1) is 10.3. The number of fused-ring (bicyclic) bond motifs is 1. The largest absolute Gasteiger partial charge is 0.436 e. The summed E-state index contributed by atoms with van der Waals surface area (Å²) in [5, 5.41) is 0. The van der Waals surface area contributed by atoms with Crippen molar-refractivity contribution in [3.8, 4) is 17.2 Å². The van der Waals surface area contributed by atoms with Crippen molar-refractivity contribution >= 4 is 21.2 Å². The van der Waals surface area contributed by atoms with E-state index >= 15 is 0 Å². The SMILES string of the molecule is Cc1cccc(-c2nc3c(C)cccc3o2)c1OS(C)(=O)=O. The molecule has 0 N–H and O–H groups in total. The topological polar surface area (TPSA) is 69.4 Å². The maximum Gasteiger partial charge on any atom is 0.306 e. The lowest BCUT2D eigenvalue weighted by atomic mass is 10.1. The van der Waals surface area contributed by atoms with Gasteiger partial charge in [-0.25, -0.2) is 4.98 Å². The van der Waals surface area contributed by atoms with Crippen molar-refractivity contribution < 1.29 is 17.0 Å². The first-order valence-electron chi connectivity index (χ1n) is 6.71. The monoisotopic (exact) mass is 317 g/mol. The summed E-state index contributed by atoms with van der Waals surface area (Å²) in [6.45, 7) is 3.72. The van der Waals surface area contributed by atoms with Crippen LogP contribution in [0.4, 0.5) is 0 Å². The van der Waals surface area contributed by atoms with Crippen LogP contribution in [-0.4, -0.2) is 19.7 Å². The number of para-hydroxylation sites is 2. The number of hydrogen-bond acceptors (Lipinski definition) is 5. The van der Waals surface area contributed by atoms with Crippen molar-refractivity contribution in [1.82, 2.24) is 4.98 Å². The average Bonchev–Trinajstić information content (AvgIpc) is 2.85.